The van der Waals surface area contributed by atoms with Crippen molar-refractivity contribution in [3.05, 3.63) is 23.3 Å². The number of Topliss-reactive ketones (excluding diaryl/α,β-unsaturated/α-hetero) is 1. The van der Waals surface area contributed by atoms with E-state index in [0.717, 1.165) is 5.56 Å². The number of fused-ring (bicyclic) bond motifs is 3. The van der Waals surface area contributed by atoms with Crippen molar-refractivity contribution in [3.8, 4) is 11.5 Å². The number of nitrogens with zero attached hydrogens (tertiary/aromatic N) is 1. The maximum absolute atomic E-state index is 13.2. The molecule has 3 rings (SSSR count). The second kappa shape index (κ2) is 6.40. The first-order valence-electron chi connectivity index (χ1n) is 11.3. The summed E-state index contributed by atoms with van der Waals surface area (Å²) in [7, 11) is -1.26. The molecule has 0 amide bonds. The molecule has 0 unspecified atom stereocenters. The monoisotopic (exact) mass is 337 g/mol. The Morgan fingerprint density at radius 3 is 2.79 bits per heavy atom. The van der Waals surface area contributed by atoms with Gasteiger partial charge in [-0.2, -0.15) is 0 Å². The number of piperidine rings is 1. The van der Waals surface area contributed by atoms with E-state index in [-0.39, 0.29) is 29.9 Å². The first-order chi connectivity index (χ1) is 13.6. The molecule has 24 heavy (non-hydrogen) atoms. The topological polar surface area (TPSA) is 38.8 Å². The van der Waals surface area contributed by atoms with Crippen LogP contribution in [0.5, 0.6) is 11.5 Å². The van der Waals surface area contributed by atoms with Crippen molar-refractivity contribution in [1.82, 2.24) is 4.90 Å². The molecule has 0 aliphatic carbocycles. The van der Waals surface area contributed by atoms with E-state index in [9.17, 15) is 4.79 Å². The van der Waals surface area contributed by atoms with Crippen molar-refractivity contribution in [3.63, 3.8) is 0 Å². The summed E-state index contributed by atoms with van der Waals surface area (Å²) in [5.41, 5.74) is 1.01. The maximum atomic E-state index is 13.2. The van der Waals surface area contributed by atoms with Gasteiger partial charge in [0.05, 0.1) is 18.3 Å². The fraction of sp³-hybridized carbons (Fsp3) is 0.650. The third kappa shape index (κ3) is 3.30. The van der Waals surface area contributed by atoms with Gasteiger partial charge in [-0.05, 0) is 41.5 Å². The van der Waals surface area contributed by atoms with Gasteiger partial charge in [0.15, 0.2) is 11.5 Å². The van der Waals surface area contributed by atoms with E-state index in [1.165, 1.54) is 7.11 Å². The summed E-state index contributed by atoms with van der Waals surface area (Å²) in [6.07, 6.45) is -1.47. The zero-order valence-electron chi connectivity index (χ0n) is 20.7. The van der Waals surface area contributed by atoms with Crippen LogP contribution in [-0.4, -0.2) is 37.9 Å². The average molecular weight is 337 g/mol. The fourth-order valence-electron chi connectivity index (χ4n) is 3.58. The minimum absolute atomic E-state index is 0.0648. The Hall–Kier alpha value is -1.55. The van der Waals surface area contributed by atoms with Crippen molar-refractivity contribution < 1.29 is 22.5 Å². The van der Waals surface area contributed by atoms with Gasteiger partial charge in [-0.1, -0.05) is 20.8 Å². The lowest BCUT2D eigenvalue weighted by Gasteiger charge is -2.44. The minimum atomic E-state index is -2.64. The summed E-state index contributed by atoms with van der Waals surface area (Å²) in [5, 5.41) is 0. The minimum Gasteiger partial charge on any atom is -0.493 e. The van der Waals surface area contributed by atoms with E-state index >= 15 is 0 Å². The number of methoxy groups -OCH3 is 2. The third-order valence-corrected chi connectivity index (χ3v) is 4.59. The van der Waals surface area contributed by atoms with E-state index in [4.69, 9.17) is 17.7 Å². The van der Waals surface area contributed by atoms with E-state index in [2.05, 4.69) is 0 Å². The van der Waals surface area contributed by atoms with Crippen LogP contribution in [0.1, 0.15) is 59.0 Å². The van der Waals surface area contributed by atoms with E-state index in [0.29, 0.717) is 18.5 Å². The fourth-order valence-corrected chi connectivity index (χ4v) is 3.58. The molecule has 2 aliphatic rings. The van der Waals surface area contributed by atoms with Crippen molar-refractivity contribution >= 4 is 5.78 Å². The maximum Gasteiger partial charge on any atom is 0.161 e. The van der Waals surface area contributed by atoms with E-state index < -0.39 is 31.1 Å². The molecule has 4 heteroatoms. The summed E-state index contributed by atoms with van der Waals surface area (Å²) < 4.78 is 58.6. The quantitative estimate of drug-likeness (QED) is 0.844. The third-order valence-electron chi connectivity index (χ3n) is 4.59. The highest BCUT2D eigenvalue weighted by Crippen LogP contribution is 2.43. The van der Waals surface area contributed by atoms with Gasteiger partial charge in [-0.15, -0.1) is 0 Å². The molecule has 2 atom stereocenters. The molecule has 0 bridgehead atoms. The lowest BCUT2D eigenvalue weighted by molar-refractivity contribution is -0.130. The van der Waals surface area contributed by atoms with Crippen LogP contribution in [0.3, 0.4) is 0 Å². The van der Waals surface area contributed by atoms with Crippen LogP contribution in [0.4, 0.5) is 0 Å². The van der Waals surface area contributed by atoms with Crippen molar-refractivity contribution in [2.75, 3.05) is 27.2 Å². The van der Waals surface area contributed by atoms with Gasteiger partial charge in [0, 0.05) is 35.5 Å². The number of carbonyl (C=O) groups excluding carboxylic acids is 1. The number of rotatable bonds is 3. The summed E-state index contributed by atoms with van der Waals surface area (Å²) in [5.74, 6) is -1.99. The molecule has 0 radical (unpaired) electrons. The van der Waals surface area contributed by atoms with Crippen LogP contribution in [0.2, 0.25) is 0 Å². The Bertz CT molecular complexity index is 848. The zero-order valence-corrected chi connectivity index (χ0v) is 14.7. The largest absolute Gasteiger partial charge is 0.493 e. The highest BCUT2D eigenvalue weighted by molar-refractivity contribution is 5.83. The van der Waals surface area contributed by atoms with Gasteiger partial charge < -0.3 is 9.47 Å². The Morgan fingerprint density at radius 2 is 2.12 bits per heavy atom. The highest BCUT2D eigenvalue weighted by Gasteiger charge is 2.39. The SMILES string of the molecule is [2H]C([2H])([2H])Oc1cc2c(cc1OC)[C@H]1N(CC2)C[C@]([2H])(CC(C)(C)C)C(=O)C1([2H])[2H]. The van der Waals surface area contributed by atoms with Gasteiger partial charge in [0.2, 0.25) is 0 Å². The molecule has 2 heterocycles. The molecular formula is C20H29NO3. The van der Waals surface area contributed by atoms with Crippen molar-refractivity contribution in [2.45, 2.75) is 46.0 Å². The second-order valence-corrected chi connectivity index (χ2v) is 7.74. The smallest absolute Gasteiger partial charge is 0.161 e. The molecule has 132 valence electrons. The molecule has 1 saturated heterocycles. The second-order valence-electron chi connectivity index (χ2n) is 7.74. The molecule has 4 nitrogen and oxygen atoms in total. The highest BCUT2D eigenvalue weighted by atomic mass is 16.5. The van der Waals surface area contributed by atoms with Crippen LogP contribution in [0.15, 0.2) is 12.1 Å². The zero-order chi connectivity index (χ0) is 22.7. The van der Waals surface area contributed by atoms with Gasteiger partial charge in [0.25, 0.3) is 0 Å². The first kappa shape index (κ1) is 11.1. The molecule has 1 fully saturated rings. The Kier molecular flexibility index (Phi) is 2.97. The number of hydrogen-bond donors (Lipinski definition) is 0. The molecular weight excluding hydrogens is 302 g/mol. The van der Waals surface area contributed by atoms with E-state index in [1.54, 1.807) is 12.1 Å². The summed E-state index contributed by atoms with van der Waals surface area (Å²) in [4.78, 5) is 15.1. The predicted octanol–water partition coefficient (Wildman–Crippen LogP) is 3.63. The lowest BCUT2D eigenvalue weighted by Crippen LogP contribution is -2.47. The van der Waals surface area contributed by atoms with Crippen LogP contribution >= 0.6 is 0 Å². The van der Waals surface area contributed by atoms with Crippen molar-refractivity contribution in [2.24, 2.45) is 11.3 Å². The Balaban J connectivity index is 2.05. The standard InChI is InChI=1S/C20H29NO3/c1-20(2,3)11-14-12-21-7-6-13-8-18(23-4)19(24-5)9-15(13)16(21)10-17(14)22/h8-9,14,16H,6-7,10-12H2,1-5H3/t14-,16-/m0/s1/i4D3,10D2,14D. The molecule has 0 N–H and O–H groups in total. The number of ether oxygens (including phenoxy) is 2. The molecule has 1 aromatic rings. The predicted molar refractivity (Wildman–Crippen MR) is 94.8 cm³/mol. The number of hydrogen-bond acceptors (Lipinski definition) is 4. The molecule has 1 aromatic carbocycles. The molecule has 0 spiro atoms. The van der Waals surface area contributed by atoms with Gasteiger partial charge in [-0.25, -0.2) is 0 Å². The van der Waals surface area contributed by atoms with Gasteiger partial charge in [-0.3, -0.25) is 9.69 Å². The number of ketones is 1. The molecule has 2 aliphatic heterocycles. The normalized spacial score (nSPS) is 33.7. The summed E-state index contributed by atoms with van der Waals surface area (Å²) in [6, 6.07) is 2.28. The molecule has 0 aromatic heterocycles. The Labute approximate surface area is 153 Å². The van der Waals surface area contributed by atoms with Crippen molar-refractivity contribution in [1.29, 1.82) is 0 Å². The average Bonchev–Trinajstić information content (AvgIpc) is 2.56. The molecule has 0 saturated carbocycles. The number of carbonyl (C=O) groups is 1. The van der Waals surface area contributed by atoms with Crippen LogP contribution in [0.25, 0.3) is 0 Å². The van der Waals surface area contributed by atoms with Crippen LogP contribution < -0.4 is 9.47 Å². The van der Waals surface area contributed by atoms with Gasteiger partial charge >= 0.3 is 0 Å². The van der Waals surface area contributed by atoms with Crippen LogP contribution in [-0.2, 0) is 11.2 Å². The lowest BCUT2D eigenvalue weighted by atomic mass is 9.76. The summed E-state index contributed by atoms with van der Waals surface area (Å²) in [6.45, 7) is 6.46. The van der Waals surface area contributed by atoms with Gasteiger partial charge in [0.1, 0.15) is 5.78 Å². The van der Waals surface area contributed by atoms with Crippen LogP contribution in [0, 0.1) is 11.3 Å². The number of benzene rings is 1. The van der Waals surface area contributed by atoms with E-state index in [1.807, 2.05) is 25.7 Å². The first-order valence-corrected chi connectivity index (χ1v) is 8.26. The summed E-state index contributed by atoms with van der Waals surface area (Å²) >= 11 is 0. The Morgan fingerprint density at radius 1 is 1.38 bits per heavy atom.